The summed E-state index contributed by atoms with van der Waals surface area (Å²) < 4.78 is 0. The van der Waals surface area contributed by atoms with Crippen LogP contribution in [-0.4, -0.2) is 6.72 Å². The van der Waals surface area contributed by atoms with Gasteiger partial charge in [-0.05, 0) is 56.0 Å². The Labute approximate surface area is 226 Å². The Morgan fingerprint density at radius 1 is 1.05 bits per heavy atom. The van der Waals surface area contributed by atoms with Crippen LogP contribution >= 0.6 is 23.2 Å². The van der Waals surface area contributed by atoms with Gasteiger partial charge in [0.05, 0.1) is 39.8 Å². The number of benzene rings is 3. The summed E-state index contributed by atoms with van der Waals surface area (Å²) in [7, 11) is 0. The van der Waals surface area contributed by atoms with Crippen LogP contribution in [0.4, 0.5) is 11.4 Å². The lowest BCUT2D eigenvalue weighted by Gasteiger charge is -2.24. The topological polar surface area (TPSA) is 96.3 Å². The second kappa shape index (κ2) is 11.8. The molecular weight excluding hydrogens is 505 g/mol. The lowest BCUT2D eigenvalue weighted by molar-refractivity contribution is 0.583. The maximum atomic E-state index is 9.83. The third-order valence-electron chi connectivity index (χ3n) is 6.03. The fourth-order valence-corrected chi connectivity index (χ4v) is 4.50. The summed E-state index contributed by atoms with van der Waals surface area (Å²) in [5.41, 5.74) is 14.9. The van der Waals surface area contributed by atoms with E-state index in [1.165, 1.54) is 0 Å². The summed E-state index contributed by atoms with van der Waals surface area (Å²) in [4.78, 5) is 4.20. The quantitative estimate of drug-likeness (QED) is 0.159. The number of anilines is 1. The Balaban J connectivity index is 1.76. The van der Waals surface area contributed by atoms with Crippen molar-refractivity contribution in [3.8, 4) is 6.07 Å². The fourth-order valence-electron chi connectivity index (χ4n) is 4.10. The van der Waals surface area contributed by atoms with Crippen LogP contribution in [0.15, 0.2) is 89.2 Å². The van der Waals surface area contributed by atoms with Gasteiger partial charge in [0, 0.05) is 28.5 Å². The first-order valence-electron chi connectivity index (χ1n) is 11.6. The summed E-state index contributed by atoms with van der Waals surface area (Å²) in [6, 6.07) is 23.3. The van der Waals surface area contributed by atoms with Gasteiger partial charge >= 0.3 is 0 Å². The molecule has 0 fully saturated rings. The Bertz CT molecular complexity index is 1380. The molecule has 3 aromatic carbocycles. The summed E-state index contributed by atoms with van der Waals surface area (Å²) in [6.07, 6.45) is 1.84. The Kier molecular flexibility index (Phi) is 8.36. The molecule has 0 saturated heterocycles. The first-order valence-corrected chi connectivity index (χ1v) is 12.4. The van der Waals surface area contributed by atoms with Crippen molar-refractivity contribution < 1.29 is 0 Å². The molecule has 1 heterocycles. The molecule has 0 unspecified atom stereocenters. The lowest BCUT2D eigenvalue weighted by atomic mass is 10.0. The standard InChI is InChI=1S/C28H27Cl2N7/c1-17(15-31)26(34-18(2)19-7-5-4-6-8-19)23-13-22(14-24(30)28(23)32-3)35-27(25-16-33-37-36-25)20-9-11-21(29)12-10-20/h4-14,16,18,27,33-37H,3H2,1-2H3/b26-17-/t18-,27+/m1/s1. The molecule has 0 radical (unpaired) electrons. The van der Waals surface area contributed by atoms with E-state index in [4.69, 9.17) is 23.2 Å². The van der Waals surface area contributed by atoms with E-state index in [2.05, 4.69) is 44.8 Å². The highest BCUT2D eigenvalue weighted by molar-refractivity contribution is 6.33. The molecule has 37 heavy (non-hydrogen) atoms. The molecule has 5 N–H and O–H groups in total. The van der Waals surface area contributed by atoms with E-state index in [1.807, 2.05) is 73.8 Å². The normalized spacial score (nSPS) is 14.7. The summed E-state index contributed by atoms with van der Waals surface area (Å²) >= 11 is 12.8. The van der Waals surface area contributed by atoms with E-state index in [1.54, 1.807) is 13.0 Å². The Hall–Kier alpha value is -3.96. The molecule has 0 spiro atoms. The predicted octanol–water partition coefficient (Wildman–Crippen LogP) is 6.54. The minimum Gasteiger partial charge on any atom is -0.377 e. The molecule has 0 aliphatic carbocycles. The number of rotatable bonds is 9. The van der Waals surface area contributed by atoms with Crippen molar-refractivity contribution in [3.63, 3.8) is 0 Å². The van der Waals surface area contributed by atoms with E-state index in [-0.39, 0.29) is 12.1 Å². The van der Waals surface area contributed by atoms with Crippen molar-refractivity contribution in [2.75, 3.05) is 5.32 Å². The minimum absolute atomic E-state index is 0.0700. The van der Waals surface area contributed by atoms with Gasteiger partial charge in [0.25, 0.3) is 0 Å². The van der Waals surface area contributed by atoms with Crippen LogP contribution in [0, 0.1) is 11.3 Å². The first kappa shape index (κ1) is 26.1. The molecule has 9 heteroatoms. The SMILES string of the molecule is C=Nc1c(Cl)cc(N[C@H](C2=CNNN2)c2ccc(Cl)cc2)cc1/C(N[C@H](C)c1ccccc1)=C(\C)C#N. The average Bonchev–Trinajstić information content (AvgIpc) is 3.45. The lowest BCUT2D eigenvalue weighted by Crippen LogP contribution is -2.33. The van der Waals surface area contributed by atoms with Crippen LogP contribution in [-0.2, 0) is 0 Å². The molecule has 2 atom stereocenters. The van der Waals surface area contributed by atoms with E-state index >= 15 is 0 Å². The van der Waals surface area contributed by atoms with Gasteiger partial charge in [0.1, 0.15) is 0 Å². The number of halogens is 2. The predicted molar refractivity (Wildman–Crippen MR) is 152 cm³/mol. The fraction of sp³-hybridized carbons (Fsp3) is 0.143. The molecule has 7 nitrogen and oxygen atoms in total. The van der Waals surface area contributed by atoms with Crippen LogP contribution in [0.1, 0.15) is 42.6 Å². The highest BCUT2D eigenvalue weighted by atomic mass is 35.5. The highest BCUT2D eigenvalue weighted by Gasteiger charge is 2.22. The van der Waals surface area contributed by atoms with Crippen LogP contribution in [0.5, 0.6) is 0 Å². The highest BCUT2D eigenvalue weighted by Crippen LogP contribution is 2.39. The van der Waals surface area contributed by atoms with Crippen molar-refractivity contribution in [2.45, 2.75) is 25.9 Å². The van der Waals surface area contributed by atoms with E-state index in [0.29, 0.717) is 32.6 Å². The van der Waals surface area contributed by atoms with Gasteiger partial charge in [-0.1, -0.05) is 65.7 Å². The van der Waals surface area contributed by atoms with Crippen LogP contribution < -0.4 is 27.0 Å². The maximum Gasteiger partial charge on any atom is 0.0966 e. The molecule has 0 bridgehead atoms. The molecule has 1 aliphatic heterocycles. The third kappa shape index (κ3) is 6.07. The zero-order valence-electron chi connectivity index (χ0n) is 20.4. The van der Waals surface area contributed by atoms with Gasteiger partial charge in [-0.15, -0.1) is 0 Å². The van der Waals surface area contributed by atoms with Gasteiger partial charge in [-0.2, -0.15) is 10.8 Å². The van der Waals surface area contributed by atoms with Gasteiger partial charge in [-0.25, -0.2) is 0 Å². The number of nitrogens with zero attached hydrogens (tertiary/aromatic N) is 2. The smallest absolute Gasteiger partial charge is 0.0966 e. The van der Waals surface area contributed by atoms with Crippen molar-refractivity contribution in [1.29, 1.82) is 5.26 Å². The van der Waals surface area contributed by atoms with Crippen molar-refractivity contribution in [3.05, 3.63) is 111 Å². The Morgan fingerprint density at radius 3 is 2.41 bits per heavy atom. The summed E-state index contributed by atoms with van der Waals surface area (Å²) in [5.74, 6) is 0. The van der Waals surface area contributed by atoms with E-state index < -0.39 is 0 Å². The van der Waals surface area contributed by atoms with Crippen LogP contribution in [0.3, 0.4) is 0 Å². The maximum absolute atomic E-state index is 9.83. The molecule has 0 amide bonds. The van der Waals surface area contributed by atoms with Crippen molar-refractivity contribution in [2.24, 2.45) is 4.99 Å². The molecule has 3 aromatic rings. The number of hydrogen-bond donors (Lipinski definition) is 5. The second-order valence-electron chi connectivity index (χ2n) is 8.52. The number of hydrogen-bond acceptors (Lipinski definition) is 7. The van der Waals surface area contributed by atoms with Gasteiger partial charge in [-0.3, -0.25) is 4.99 Å². The van der Waals surface area contributed by atoms with Crippen molar-refractivity contribution in [1.82, 2.24) is 21.7 Å². The van der Waals surface area contributed by atoms with Crippen LogP contribution in [0.2, 0.25) is 10.0 Å². The zero-order valence-corrected chi connectivity index (χ0v) is 22.0. The van der Waals surface area contributed by atoms with Crippen LogP contribution in [0.25, 0.3) is 5.70 Å². The average molecular weight is 532 g/mol. The Morgan fingerprint density at radius 2 is 1.78 bits per heavy atom. The molecule has 4 rings (SSSR count). The van der Waals surface area contributed by atoms with E-state index in [0.717, 1.165) is 22.5 Å². The van der Waals surface area contributed by atoms with Gasteiger partial charge < -0.3 is 21.5 Å². The first-order chi connectivity index (χ1) is 17.9. The molecular formula is C28H27Cl2N7. The second-order valence-corrected chi connectivity index (χ2v) is 9.37. The molecule has 188 valence electrons. The van der Waals surface area contributed by atoms with Gasteiger partial charge in [0.2, 0.25) is 0 Å². The largest absolute Gasteiger partial charge is 0.377 e. The number of nitriles is 1. The number of aliphatic imine (C=N–C) groups is 1. The zero-order chi connectivity index (χ0) is 26.4. The summed E-state index contributed by atoms with van der Waals surface area (Å²) in [5, 5.41) is 17.9. The third-order valence-corrected chi connectivity index (χ3v) is 6.57. The molecule has 0 aromatic heterocycles. The number of nitrogens with one attached hydrogen (secondary N) is 5. The summed E-state index contributed by atoms with van der Waals surface area (Å²) in [6.45, 7) is 7.54. The number of allylic oxidation sites excluding steroid dienone is 1. The van der Waals surface area contributed by atoms with E-state index in [9.17, 15) is 5.26 Å². The molecule has 0 saturated carbocycles. The minimum atomic E-state index is -0.257. The monoisotopic (exact) mass is 531 g/mol. The molecule has 1 aliphatic rings. The van der Waals surface area contributed by atoms with Gasteiger partial charge in [0.15, 0.2) is 0 Å². The van der Waals surface area contributed by atoms with Crippen molar-refractivity contribution >= 4 is 47.0 Å². The number of hydrazine groups is 2.